The lowest BCUT2D eigenvalue weighted by molar-refractivity contribution is 0.751. The van der Waals surface area contributed by atoms with E-state index in [4.69, 9.17) is 0 Å². The Morgan fingerprint density at radius 2 is 1.29 bits per heavy atom. The highest BCUT2D eigenvalue weighted by Gasteiger charge is 1.91. The summed E-state index contributed by atoms with van der Waals surface area (Å²) >= 11 is 5.84. The van der Waals surface area contributed by atoms with Crippen LogP contribution in [0, 0.1) is 11.8 Å². The summed E-state index contributed by atoms with van der Waals surface area (Å²) in [7, 11) is 0. The van der Waals surface area contributed by atoms with Gasteiger partial charge in [-0.1, -0.05) is 27.7 Å². The van der Waals surface area contributed by atoms with E-state index in [2.05, 4.69) is 40.2 Å². The van der Waals surface area contributed by atoms with Crippen molar-refractivity contribution in [1.29, 1.82) is 0 Å². The molecule has 0 bridgehead atoms. The van der Waals surface area contributed by atoms with Gasteiger partial charge in [-0.2, -0.15) is 35.3 Å². The molecule has 0 N–H and O–H groups in total. The fraction of sp³-hybridized carbons (Fsp3) is 1.00. The molecule has 0 atom stereocenters. The summed E-state index contributed by atoms with van der Waals surface area (Å²) in [6, 6.07) is 0. The van der Waals surface area contributed by atoms with E-state index in [0.717, 1.165) is 11.8 Å². The van der Waals surface area contributed by atoms with Crippen molar-refractivity contribution in [3.63, 3.8) is 0 Å². The third-order valence-electron chi connectivity index (χ3n) is 1.15. The lowest BCUT2D eigenvalue weighted by Crippen LogP contribution is -1.89. The van der Waals surface area contributed by atoms with Gasteiger partial charge >= 0.3 is 0 Å². The second kappa shape index (κ2) is 14.1. The standard InChI is InChI=1S/C6H14S2.C5H12S/c1-6(2)4-8-5-7-3;1-5(2)4-6-3/h6H,4-5H2,1-3H3;5H,4H2,1-3H3. The van der Waals surface area contributed by atoms with Gasteiger partial charge in [0.15, 0.2) is 0 Å². The molecule has 0 saturated carbocycles. The van der Waals surface area contributed by atoms with Gasteiger partial charge in [0.05, 0.1) is 0 Å². The minimum absolute atomic E-state index is 0.854. The average Bonchev–Trinajstić information content (AvgIpc) is 2.05. The van der Waals surface area contributed by atoms with Crippen molar-refractivity contribution in [2.24, 2.45) is 11.8 Å². The highest BCUT2D eigenvalue weighted by atomic mass is 32.2. The first-order valence-corrected chi connectivity index (χ1v) is 9.04. The van der Waals surface area contributed by atoms with E-state index >= 15 is 0 Å². The molecule has 0 radical (unpaired) electrons. The first-order valence-electron chi connectivity index (χ1n) is 5.10. The van der Waals surface area contributed by atoms with Gasteiger partial charge in [0.1, 0.15) is 0 Å². The van der Waals surface area contributed by atoms with Gasteiger partial charge in [-0.25, -0.2) is 0 Å². The normalized spacial score (nSPS) is 10.3. The maximum absolute atomic E-state index is 2.26. The fourth-order valence-corrected chi connectivity index (χ4v) is 2.89. The molecular formula is C11H26S3. The van der Waals surface area contributed by atoms with Gasteiger partial charge in [0.25, 0.3) is 0 Å². The molecule has 0 nitrogen and oxygen atoms in total. The number of thioether (sulfide) groups is 3. The van der Waals surface area contributed by atoms with Crippen LogP contribution in [0.15, 0.2) is 0 Å². The molecule has 0 spiro atoms. The molecular weight excluding hydrogens is 228 g/mol. The van der Waals surface area contributed by atoms with Crippen molar-refractivity contribution in [2.75, 3.05) is 29.1 Å². The largest absolute Gasteiger partial charge is 0.165 e. The number of hydrogen-bond acceptors (Lipinski definition) is 3. The fourth-order valence-electron chi connectivity index (χ4n) is 0.700. The molecule has 0 aliphatic heterocycles. The molecule has 0 rings (SSSR count). The highest BCUT2D eigenvalue weighted by Crippen LogP contribution is 2.11. The molecule has 14 heavy (non-hydrogen) atoms. The van der Waals surface area contributed by atoms with Gasteiger partial charge in [0, 0.05) is 5.08 Å². The smallest absolute Gasteiger partial charge is 0.0389 e. The zero-order valence-corrected chi connectivity index (χ0v) is 13.0. The highest BCUT2D eigenvalue weighted by molar-refractivity contribution is 8.15. The Hall–Kier alpha value is 1.05. The summed E-state index contributed by atoms with van der Waals surface area (Å²) in [6.07, 6.45) is 4.29. The van der Waals surface area contributed by atoms with Gasteiger partial charge in [-0.15, -0.1) is 0 Å². The lowest BCUT2D eigenvalue weighted by atomic mass is 10.3. The molecule has 0 unspecified atom stereocenters. The Morgan fingerprint density at radius 3 is 1.50 bits per heavy atom. The SMILES string of the molecule is CSCC(C)C.CSCSCC(C)C. The van der Waals surface area contributed by atoms with E-state index in [-0.39, 0.29) is 0 Å². The second-order valence-electron chi connectivity index (χ2n) is 4.02. The summed E-state index contributed by atoms with van der Waals surface area (Å²) in [5, 5.41) is 1.25. The van der Waals surface area contributed by atoms with Crippen LogP contribution < -0.4 is 0 Å². The summed E-state index contributed by atoms with van der Waals surface area (Å²) in [6.45, 7) is 8.98. The van der Waals surface area contributed by atoms with Crippen LogP contribution in [0.25, 0.3) is 0 Å². The Labute approximate surface area is 104 Å². The molecule has 0 heterocycles. The summed E-state index contributed by atoms with van der Waals surface area (Å²) < 4.78 is 0. The van der Waals surface area contributed by atoms with E-state index in [1.165, 1.54) is 16.6 Å². The van der Waals surface area contributed by atoms with Crippen molar-refractivity contribution in [3.05, 3.63) is 0 Å². The molecule has 0 aromatic carbocycles. The average molecular weight is 255 g/mol. The van der Waals surface area contributed by atoms with Gasteiger partial charge in [-0.05, 0) is 35.9 Å². The Morgan fingerprint density at radius 1 is 0.786 bits per heavy atom. The predicted octanol–water partition coefficient (Wildman–Crippen LogP) is 4.70. The summed E-state index contributed by atoms with van der Waals surface area (Å²) in [5.74, 6) is 4.31. The van der Waals surface area contributed by atoms with Crippen molar-refractivity contribution in [1.82, 2.24) is 0 Å². The van der Waals surface area contributed by atoms with Crippen LogP contribution in [0.1, 0.15) is 27.7 Å². The van der Waals surface area contributed by atoms with E-state index < -0.39 is 0 Å². The van der Waals surface area contributed by atoms with Crippen LogP contribution >= 0.6 is 35.3 Å². The number of hydrogen-bond donors (Lipinski definition) is 0. The molecule has 0 amide bonds. The zero-order valence-electron chi connectivity index (χ0n) is 10.5. The third-order valence-corrected chi connectivity index (χ3v) is 4.66. The lowest BCUT2D eigenvalue weighted by Gasteiger charge is -2.00. The van der Waals surface area contributed by atoms with E-state index in [1.54, 1.807) is 0 Å². The third kappa shape index (κ3) is 23.1. The second-order valence-corrected chi connectivity index (χ2v) is 7.19. The Bertz CT molecular complexity index is 92.5. The molecule has 88 valence electrons. The molecule has 0 aliphatic rings. The van der Waals surface area contributed by atoms with E-state index in [1.807, 2.05) is 35.3 Å². The molecule has 0 aliphatic carbocycles. The van der Waals surface area contributed by atoms with Crippen LogP contribution in [0.5, 0.6) is 0 Å². The van der Waals surface area contributed by atoms with Crippen molar-refractivity contribution < 1.29 is 0 Å². The minimum Gasteiger partial charge on any atom is -0.165 e. The summed E-state index contributed by atoms with van der Waals surface area (Å²) in [4.78, 5) is 0. The molecule has 0 aromatic rings. The molecule has 3 heteroatoms. The first-order chi connectivity index (χ1) is 6.54. The predicted molar refractivity (Wildman–Crippen MR) is 78.9 cm³/mol. The molecule has 0 aromatic heterocycles. The quantitative estimate of drug-likeness (QED) is 0.498. The van der Waals surface area contributed by atoms with Crippen molar-refractivity contribution in [3.8, 4) is 0 Å². The Kier molecular flexibility index (Phi) is 17.5. The van der Waals surface area contributed by atoms with E-state index in [9.17, 15) is 0 Å². The molecule has 0 saturated heterocycles. The first kappa shape index (κ1) is 17.4. The Balaban J connectivity index is 0. The molecule has 0 fully saturated rings. The topological polar surface area (TPSA) is 0 Å². The van der Waals surface area contributed by atoms with Gasteiger partial charge < -0.3 is 0 Å². The number of rotatable bonds is 6. The van der Waals surface area contributed by atoms with Gasteiger partial charge in [0.2, 0.25) is 0 Å². The minimum atomic E-state index is 0.854. The summed E-state index contributed by atoms with van der Waals surface area (Å²) in [5.41, 5.74) is 0. The zero-order chi connectivity index (χ0) is 11.4. The van der Waals surface area contributed by atoms with E-state index in [0.29, 0.717) is 0 Å². The van der Waals surface area contributed by atoms with Crippen LogP contribution in [0.2, 0.25) is 0 Å². The maximum Gasteiger partial charge on any atom is 0.0389 e. The van der Waals surface area contributed by atoms with Crippen LogP contribution in [-0.2, 0) is 0 Å². The van der Waals surface area contributed by atoms with Gasteiger partial charge in [-0.3, -0.25) is 0 Å². The maximum atomic E-state index is 2.26. The van der Waals surface area contributed by atoms with Crippen molar-refractivity contribution >= 4 is 35.3 Å². The monoisotopic (exact) mass is 254 g/mol. The van der Waals surface area contributed by atoms with Crippen LogP contribution in [0.3, 0.4) is 0 Å². The van der Waals surface area contributed by atoms with Crippen molar-refractivity contribution in [2.45, 2.75) is 27.7 Å². The van der Waals surface area contributed by atoms with Crippen LogP contribution in [-0.4, -0.2) is 29.1 Å². The van der Waals surface area contributed by atoms with Crippen LogP contribution in [0.4, 0.5) is 0 Å².